The van der Waals surface area contributed by atoms with Gasteiger partial charge in [0.05, 0.1) is 17.8 Å². The standard InChI is InChI=1S/C22H23ClN4S/c1-13-8-9-16(23)12-19(13)27-14(2)11-17(15(27)3)21-20(25-22(28)26(21)4)18-7-5-6-10-24-18/h5-12,20-21H,1-4H3,(H,25,28). The molecule has 1 fully saturated rings. The molecule has 0 radical (unpaired) electrons. The topological polar surface area (TPSA) is 33.1 Å². The zero-order chi connectivity index (χ0) is 20.0. The van der Waals surface area contributed by atoms with E-state index in [2.05, 4.69) is 52.7 Å². The van der Waals surface area contributed by atoms with Crippen molar-refractivity contribution in [2.75, 3.05) is 7.05 Å². The van der Waals surface area contributed by atoms with Crippen molar-refractivity contribution < 1.29 is 0 Å². The highest BCUT2D eigenvalue weighted by Gasteiger charge is 2.39. The normalized spacial score (nSPS) is 19.2. The van der Waals surface area contributed by atoms with E-state index in [9.17, 15) is 0 Å². The molecule has 2 atom stereocenters. The molecule has 1 aromatic carbocycles. The lowest BCUT2D eigenvalue weighted by Crippen LogP contribution is -2.25. The first-order valence-electron chi connectivity index (χ1n) is 9.28. The van der Waals surface area contributed by atoms with Crippen molar-refractivity contribution in [3.05, 3.63) is 81.9 Å². The third-order valence-electron chi connectivity index (χ3n) is 5.54. The van der Waals surface area contributed by atoms with Crippen LogP contribution >= 0.6 is 23.8 Å². The van der Waals surface area contributed by atoms with Crippen LogP contribution in [0.2, 0.25) is 5.02 Å². The average Bonchev–Trinajstić information content (AvgIpc) is 3.13. The van der Waals surface area contributed by atoms with Gasteiger partial charge in [0.25, 0.3) is 0 Å². The van der Waals surface area contributed by atoms with E-state index in [-0.39, 0.29) is 12.1 Å². The van der Waals surface area contributed by atoms with E-state index in [1.54, 1.807) is 0 Å². The third kappa shape index (κ3) is 3.09. The number of pyridine rings is 1. The Morgan fingerprint density at radius 2 is 1.89 bits per heavy atom. The molecule has 4 nitrogen and oxygen atoms in total. The van der Waals surface area contributed by atoms with E-state index in [0.717, 1.165) is 21.5 Å². The highest BCUT2D eigenvalue weighted by Crippen LogP contribution is 2.40. The molecule has 0 aliphatic carbocycles. The van der Waals surface area contributed by atoms with Crippen LogP contribution in [-0.2, 0) is 0 Å². The molecule has 0 saturated carbocycles. The van der Waals surface area contributed by atoms with Crippen LogP contribution in [-0.4, -0.2) is 26.6 Å². The maximum absolute atomic E-state index is 6.29. The number of benzene rings is 1. The zero-order valence-electron chi connectivity index (χ0n) is 16.4. The van der Waals surface area contributed by atoms with Crippen molar-refractivity contribution in [1.82, 2.24) is 19.8 Å². The van der Waals surface area contributed by atoms with Crippen molar-refractivity contribution in [2.24, 2.45) is 0 Å². The highest BCUT2D eigenvalue weighted by molar-refractivity contribution is 7.80. The van der Waals surface area contributed by atoms with Crippen LogP contribution in [0, 0.1) is 20.8 Å². The summed E-state index contributed by atoms with van der Waals surface area (Å²) >= 11 is 11.9. The smallest absolute Gasteiger partial charge is 0.169 e. The van der Waals surface area contributed by atoms with E-state index in [1.165, 1.54) is 22.5 Å². The number of likely N-dealkylation sites (N-methyl/N-ethyl adjacent to an activating group) is 1. The van der Waals surface area contributed by atoms with Crippen LogP contribution in [0.1, 0.15) is 40.3 Å². The molecular weight excluding hydrogens is 388 g/mol. The van der Waals surface area contributed by atoms with Gasteiger partial charge in [0.15, 0.2) is 5.11 Å². The van der Waals surface area contributed by atoms with Gasteiger partial charge >= 0.3 is 0 Å². The van der Waals surface area contributed by atoms with Gasteiger partial charge in [-0.05, 0) is 74.4 Å². The molecular formula is C22H23ClN4S. The number of hydrogen-bond donors (Lipinski definition) is 1. The number of aromatic nitrogens is 2. The Hall–Kier alpha value is -2.37. The maximum atomic E-state index is 6.29. The van der Waals surface area contributed by atoms with E-state index in [4.69, 9.17) is 23.8 Å². The van der Waals surface area contributed by atoms with Gasteiger partial charge in [0.2, 0.25) is 0 Å². The van der Waals surface area contributed by atoms with Gasteiger partial charge in [0.1, 0.15) is 0 Å². The lowest BCUT2D eigenvalue weighted by molar-refractivity contribution is 0.367. The summed E-state index contributed by atoms with van der Waals surface area (Å²) in [6.45, 7) is 6.40. The van der Waals surface area contributed by atoms with Crippen LogP contribution in [0.5, 0.6) is 0 Å². The fourth-order valence-electron chi connectivity index (χ4n) is 4.13. The quantitative estimate of drug-likeness (QED) is 0.612. The number of hydrogen-bond acceptors (Lipinski definition) is 2. The largest absolute Gasteiger partial charge is 0.352 e. The molecule has 1 aliphatic rings. The second-order valence-corrected chi connectivity index (χ2v) is 8.15. The number of thiocarbonyl (C=S) groups is 1. The Morgan fingerprint density at radius 3 is 2.61 bits per heavy atom. The molecule has 2 unspecified atom stereocenters. The van der Waals surface area contributed by atoms with E-state index < -0.39 is 0 Å². The Labute approximate surface area is 176 Å². The first-order valence-corrected chi connectivity index (χ1v) is 10.1. The summed E-state index contributed by atoms with van der Waals surface area (Å²) in [7, 11) is 2.04. The fraction of sp³-hybridized carbons (Fsp3) is 0.273. The monoisotopic (exact) mass is 410 g/mol. The zero-order valence-corrected chi connectivity index (χ0v) is 18.0. The van der Waals surface area contributed by atoms with Gasteiger partial charge in [-0.15, -0.1) is 0 Å². The minimum Gasteiger partial charge on any atom is -0.352 e. The Balaban J connectivity index is 1.85. The second-order valence-electron chi connectivity index (χ2n) is 7.33. The lowest BCUT2D eigenvalue weighted by Gasteiger charge is -2.24. The summed E-state index contributed by atoms with van der Waals surface area (Å²) in [6, 6.07) is 14.3. The van der Waals surface area contributed by atoms with Crippen molar-refractivity contribution in [3.63, 3.8) is 0 Å². The number of nitrogens with zero attached hydrogens (tertiary/aromatic N) is 3. The molecule has 3 aromatic rings. The van der Waals surface area contributed by atoms with Crippen molar-refractivity contribution in [2.45, 2.75) is 32.9 Å². The van der Waals surface area contributed by atoms with Crippen LogP contribution in [0.3, 0.4) is 0 Å². The van der Waals surface area contributed by atoms with Crippen LogP contribution in [0.25, 0.3) is 5.69 Å². The maximum Gasteiger partial charge on any atom is 0.169 e. The van der Waals surface area contributed by atoms with Crippen LogP contribution < -0.4 is 5.32 Å². The summed E-state index contributed by atoms with van der Waals surface area (Å²) in [6.07, 6.45) is 1.83. The Morgan fingerprint density at radius 1 is 1.11 bits per heavy atom. The number of halogens is 1. The summed E-state index contributed by atoms with van der Waals surface area (Å²) in [4.78, 5) is 6.71. The van der Waals surface area contributed by atoms with E-state index in [1.807, 2.05) is 43.6 Å². The molecule has 4 rings (SSSR count). The summed E-state index contributed by atoms with van der Waals surface area (Å²) in [5.41, 5.74) is 6.88. The number of aryl methyl sites for hydroxylation is 2. The minimum absolute atomic E-state index is 0.00751. The number of rotatable bonds is 3. The molecule has 144 valence electrons. The van der Waals surface area contributed by atoms with Crippen molar-refractivity contribution in [3.8, 4) is 5.69 Å². The predicted octanol–water partition coefficient (Wildman–Crippen LogP) is 5.05. The lowest BCUT2D eigenvalue weighted by atomic mass is 9.97. The van der Waals surface area contributed by atoms with Crippen LogP contribution in [0.15, 0.2) is 48.7 Å². The molecule has 6 heteroatoms. The molecule has 1 saturated heterocycles. The molecule has 2 aromatic heterocycles. The van der Waals surface area contributed by atoms with Crippen molar-refractivity contribution in [1.29, 1.82) is 0 Å². The molecule has 1 N–H and O–H groups in total. The molecule has 0 spiro atoms. The van der Waals surface area contributed by atoms with Crippen molar-refractivity contribution >= 4 is 28.9 Å². The number of nitrogens with one attached hydrogen (secondary N) is 1. The summed E-state index contributed by atoms with van der Waals surface area (Å²) < 4.78 is 2.28. The van der Waals surface area contributed by atoms with E-state index >= 15 is 0 Å². The van der Waals surface area contributed by atoms with Gasteiger partial charge in [-0.1, -0.05) is 23.7 Å². The minimum atomic E-state index is 0.00751. The van der Waals surface area contributed by atoms with Gasteiger partial charge < -0.3 is 14.8 Å². The molecule has 28 heavy (non-hydrogen) atoms. The molecule has 3 heterocycles. The van der Waals surface area contributed by atoms with Gasteiger partial charge in [-0.2, -0.15) is 0 Å². The average molecular weight is 411 g/mol. The van der Waals surface area contributed by atoms with E-state index in [0.29, 0.717) is 0 Å². The highest BCUT2D eigenvalue weighted by atomic mass is 35.5. The van der Waals surface area contributed by atoms with Crippen LogP contribution in [0.4, 0.5) is 0 Å². The van der Waals surface area contributed by atoms with Gasteiger partial charge in [-0.25, -0.2) is 0 Å². The SMILES string of the molecule is Cc1ccc(Cl)cc1-n1c(C)cc(C2C(c3ccccn3)NC(=S)N2C)c1C. The summed E-state index contributed by atoms with van der Waals surface area (Å²) in [5, 5.41) is 4.93. The second kappa shape index (κ2) is 7.22. The molecule has 0 amide bonds. The first kappa shape index (κ1) is 19.0. The molecule has 0 bridgehead atoms. The fourth-order valence-corrected chi connectivity index (χ4v) is 4.54. The third-order valence-corrected chi connectivity index (χ3v) is 6.18. The van der Waals surface area contributed by atoms with Gasteiger partial charge in [0, 0.05) is 35.3 Å². The Kier molecular flexibility index (Phi) is 4.89. The Bertz CT molecular complexity index is 1040. The summed E-state index contributed by atoms with van der Waals surface area (Å²) in [5.74, 6) is 0. The van der Waals surface area contributed by atoms with Gasteiger partial charge in [-0.3, -0.25) is 4.98 Å². The first-order chi connectivity index (χ1) is 13.4. The molecule has 1 aliphatic heterocycles. The predicted molar refractivity (Wildman–Crippen MR) is 118 cm³/mol.